The van der Waals surface area contributed by atoms with Crippen molar-refractivity contribution < 1.29 is 22.6 Å². The number of benzene rings is 1. The predicted molar refractivity (Wildman–Crippen MR) is 80.8 cm³/mol. The Morgan fingerprint density at radius 2 is 1.68 bits per heavy atom. The summed E-state index contributed by atoms with van der Waals surface area (Å²) >= 11 is 0. The number of nitrogens with zero attached hydrogens (tertiary/aromatic N) is 1. The van der Waals surface area contributed by atoms with Crippen LogP contribution in [0.5, 0.6) is 11.5 Å². The Morgan fingerprint density at radius 3 is 2.36 bits per heavy atom. The number of hydrogen-bond donors (Lipinski definition) is 0. The minimum Gasteiger partial charge on any atom is -0.490 e. The fourth-order valence-corrected chi connectivity index (χ4v) is 4.39. The van der Waals surface area contributed by atoms with E-state index < -0.39 is 10.0 Å². The molecule has 7 heteroatoms. The monoisotopic (exact) mass is 327 g/mol. The topological polar surface area (TPSA) is 65.1 Å². The molecular weight excluding hydrogens is 306 g/mol. The molecule has 0 aliphatic carbocycles. The summed E-state index contributed by atoms with van der Waals surface area (Å²) in [4.78, 5) is 0.234. The van der Waals surface area contributed by atoms with Crippen LogP contribution < -0.4 is 9.47 Å². The summed E-state index contributed by atoms with van der Waals surface area (Å²) in [5.41, 5.74) is 0. The minimum atomic E-state index is -3.56. The maximum atomic E-state index is 12.8. The predicted octanol–water partition coefficient (Wildman–Crippen LogP) is 1.65. The molecule has 0 spiro atoms. The van der Waals surface area contributed by atoms with E-state index in [0.29, 0.717) is 37.8 Å². The van der Waals surface area contributed by atoms with Crippen LogP contribution in [0.25, 0.3) is 0 Å². The molecule has 1 aromatic carbocycles. The van der Waals surface area contributed by atoms with Gasteiger partial charge in [0.2, 0.25) is 10.0 Å². The van der Waals surface area contributed by atoms with Crippen molar-refractivity contribution in [2.75, 3.05) is 26.3 Å². The van der Waals surface area contributed by atoms with Crippen LogP contribution in [0.4, 0.5) is 0 Å². The van der Waals surface area contributed by atoms with E-state index in [9.17, 15) is 8.42 Å². The van der Waals surface area contributed by atoms with Crippen molar-refractivity contribution in [2.24, 2.45) is 0 Å². The van der Waals surface area contributed by atoms with Crippen molar-refractivity contribution in [3.8, 4) is 11.5 Å². The first-order chi connectivity index (χ1) is 10.5. The first-order valence-electron chi connectivity index (χ1n) is 7.52. The maximum absolute atomic E-state index is 12.8. The fourth-order valence-electron chi connectivity index (χ4n) is 2.78. The van der Waals surface area contributed by atoms with Crippen molar-refractivity contribution in [3.63, 3.8) is 0 Å². The molecule has 22 heavy (non-hydrogen) atoms. The van der Waals surface area contributed by atoms with E-state index in [4.69, 9.17) is 14.2 Å². The summed E-state index contributed by atoms with van der Waals surface area (Å²) in [5.74, 6) is 1.09. The van der Waals surface area contributed by atoms with Gasteiger partial charge in [-0.15, -0.1) is 0 Å². The van der Waals surface area contributed by atoms with Crippen LogP contribution in [0.3, 0.4) is 0 Å². The standard InChI is InChI=1S/C15H21NO5S/c1-11-9-16(10-12(2)21-11)22(17,18)13-4-5-14-15(8-13)20-7-3-6-19-14/h4-5,8,11-12H,3,6-7,9-10H2,1-2H3/t11-,12+. The number of morpholine rings is 1. The molecule has 0 N–H and O–H groups in total. The molecule has 2 aliphatic rings. The quantitative estimate of drug-likeness (QED) is 0.826. The molecule has 1 saturated heterocycles. The van der Waals surface area contributed by atoms with Crippen LogP contribution in [-0.4, -0.2) is 51.2 Å². The molecule has 0 bridgehead atoms. The summed E-state index contributed by atoms with van der Waals surface area (Å²) in [5, 5.41) is 0. The third-order valence-electron chi connectivity index (χ3n) is 3.74. The molecule has 0 radical (unpaired) electrons. The lowest BCUT2D eigenvalue weighted by Crippen LogP contribution is -2.48. The van der Waals surface area contributed by atoms with Gasteiger partial charge in [-0.25, -0.2) is 8.42 Å². The third kappa shape index (κ3) is 3.06. The molecule has 2 aliphatic heterocycles. The molecule has 0 unspecified atom stereocenters. The molecular formula is C15H21NO5S. The van der Waals surface area contributed by atoms with Gasteiger partial charge in [0.15, 0.2) is 11.5 Å². The highest BCUT2D eigenvalue weighted by Crippen LogP contribution is 2.33. The summed E-state index contributed by atoms with van der Waals surface area (Å²) in [6.07, 6.45) is 0.563. The Labute approximate surface area is 131 Å². The van der Waals surface area contributed by atoms with Gasteiger partial charge in [-0.1, -0.05) is 0 Å². The summed E-state index contributed by atoms with van der Waals surface area (Å²) < 4.78 is 43.9. The Bertz CT molecular complexity index is 635. The molecule has 6 nitrogen and oxygen atoms in total. The van der Waals surface area contributed by atoms with Gasteiger partial charge in [0.25, 0.3) is 0 Å². The van der Waals surface area contributed by atoms with Crippen molar-refractivity contribution >= 4 is 10.0 Å². The van der Waals surface area contributed by atoms with Crippen molar-refractivity contribution in [1.29, 1.82) is 0 Å². The Hall–Kier alpha value is -1.31. The van der Waals surface area contributed by atoms with Crippen LogP contribution in [0.15, 0.2) is 23.1 Å². The van der Waals surface area contributed by atoms with E-state index in [1.54, 1.807) is 18.2 Å². The number of sulfonamides is 1. The Kier molecular flexibility index (Phi) is 4.29. The van der Waals surface area contributed by atoms with Gasteiger partial charge in [-0.05, 0) is 26.0 Å². The van der Waals surface area contributed by atoms with E-state index in [1.165, 1.54) is 4.31 Å². The number of hydrogen-bond acceptors (Lipinski definition) is 5. The Balaban J connectivity index is 1.90. The van der Waals surface area contributed by atoms with Crippen molar-refractivity contribution in [2.45, 2.75) is 37.4 Å². The molecule has 3 rings (SSSR count). The van der Waals surface area contributed by atoms with Gasteiger partial charge in [-0.3, -0.25) is 0 Å². The second kappa shape index (κ2) is 6.06. The summed E-state index contributed by atoms with van der Waals surface area (Å²) in [6, 6.07) is 4.80. The molecule has 122 valence electrons. The number of rotatable bonds is 2. The zero-order chi connectivity index (χ0) is 15.7. The van der Waals surface area contributed by atoms with Gasteiger partial charge >= 0.3 is 0 Å². The number of ether oxygens (including phenoxy) is 3. The van der Waals surface area contributed by atoms with E-state index in [1.807, 2.05) is 13.8 Å². The van der Waals surface area contributed by atoms with Crippen molar-refractivity contribution in [3.05, 3.63) is 18.2 Å². The normalized spacial score (nSPS) is 26.5. The first-order valence-corrected chi connectivity index (χ1v) is 8.96. The lowest BCUT2D eigenvalue weighted by Gasteiger charge is -2.34. The SMILES string of the molecule is C[C@@H]1CN(S(=O)(=O)c2ccc3c(c2)OCCCO3)C[C@H](C)O1. The van der Waals surface area contributed by atoms with Crippen LogP contribution in [0.2, 0.25) is 0 Å². The smallest absolute Gasteiger partial charge is 0.243 e. The zero-order valence-electron chi connectivity index (χ0n) is 12.8. The average Bonchev–Trinajstić information content (AvgIpc) is 2.70. The zero-order valence-corrected chi connectivity index (χ0v) is 13.6. The van der Waals surface area contributed by atoms with E-state index >= 15 is 0 Å². The van der Waals surface area contributed by atoms with Gasteiger partial charge in [0.05, 0.1) is 30.3 Å². The Morgan fingerprint density at radius 1 is 1.05 bits per heavy atom. The van der Waals surface area contributed by atoms with Crippen LogP contribution in [0.1, 0.15) is 20.3 Å². The van der Waals surface area contributed by atoms with Gasteiger partial charge in [-0.2, -0.15) is 4.31 Å². The molecule has 1 aromatic rings. The lowest BCUT2D eigenvalue weighted by molar-refractivity contribution is -0.0440. The largest absolute Gasteiger partial charge is 0.490 e. The molecule has 1 fully saturated rings. The van der Waals surface area contributed by atoms with E-state index in [2.05, 4.69) is 0 Å². The molecule has 0 saturated carbocycles. The number of fused-ring (bicyclic) bond motifs is 1. The van der Waals surface area contributed by atoms with E-state index in [-0.39, 0.29) is 17.1 Å². The lowest BCUT2D eigenvalue weighted by atomic mass is 10.3. The summed E-state index contributed by atoms with van der Waals surface area (Å²) in [6.45, 7) is 5.60. The minimum absolute atomic E-state index is 0.112. The second-order valence-corrected chi connectivity index (χ2v) is 7.68. The highest BCUT2D eigenvalue weighted by atomic mass is 32.2. The molecule has 2 heterocycles. The van der Waals surface area contributed by atoms with Gasteiger partial charge in [0.1, 0.15) is 0 Å². The van der Waals surface area contributed by atoms with Crippen molar-refractivity contribution in [1.82, 2.24) is 4.31 Å². The molecule has 0 aromatic heterocycles. The fraction of sp³-hybridized carbons (Fsp3) is 0.600. The second-order valence-electron chi connectivity index (χ2n) is 5.74. The van der Waals surface area contributed by atoms with Crippen LogP contribution in [0, 0.1) is 0 Å². The maximum Gasteiger partial charge on any atom is 0.243 e. The van der Waals surface area contributed by atoms with Gasteiger partial charge < -0.3 is 14.2 Å². The molecule has 2 atom stereocenters. The summed E-state index contributed by atoms with van der Waals surface area (Å²) in [7, 11) is -3.56. The average molecular weight is 327 g/mol. The van der Waals surface area contributed by atoms with E-state index in [0.717, 1.165) is 6.42 Å². The highest BCUT2D eigenvalue weighted by molar-refractivity contribution is 7.89. The third-order valence-corrected chi connectivity index (χ3v) is 5.57. The van der Waals surface area contributed by atoms with Crippen LogP contribution >= 0.6 is 0 Å². The highest BCUT2D eigenvalue weighted by Gasteiger charge is 2.32. The van der Waals surface area contributed by atoms with Crippen LogP contribution in [-0.2, 0) is 14.8 Å². The first kappa shape index (κ1) is 15.6. The van der Waals surface area contributed by atoms with Gasteiger partial charge in [0, 0.05) is 25.6 Å². The molecule has 0 amide bonds.